The largest absolute Gasteiger partial charge is 0.395 e. The highest BCUT2D eigenvalue weighted by Gasteiger charge is 2.46. The number of hydrogen-bond acceptors (Lipinski definition) is 5. The number of likely N-dealkylation sites (tertiary alicyclic amines) is 1. The predicted octanol–water partition coefficient (Wildman–Crippen LogP) is -1.05. The van der Waals surface area contributed by atoms with Crippen LogP contribution in [0.15, 0.2) is 30.3 Å². The second kappa shape index (κ2) is 5.77. The molecule has 4 N–H and O–H groups in total. The summed E-state index contributed by atoms with van der Waals surface area (Å²) in [7, 11) is 0. The highest BCUT2D eigenvalue weighted by Crippen LogP contribution is 2.26. The summed E-state index contributed by atoms with van der Waals surface area (Å²) in [5.74, 6) is 0. The fourth-order valence-corrected chi connectivity index (χ4v) is 2.55. The van der Waals surface area contributed by atoms with E-state index in [1.165, 1.54) is 0 Å². The lowest BCUT2D eigenvalue weighted by Crippen LogP contribution is -2.42. The summed E-state index contributed by atoms with van der Waals surface area (Å²) in [6.45, 7) is -0.0193. The Morgan fingerprint density at radius 2 is 1.39 bits per heavy atom. The van der Waals surface area contributed by atoms with Gasteiger partial charge >= 0.3 is 0 Å². The average molecular weight is 253 g/mol. The molecule has 1 aromatic rings. The van der Waals surface area contributed by atoms with Gasteiger partial charge in [-0.2, -0.15) is 0 Å². The standard InChI is InChI=1S/C13H19NO4/c15-7-10-12(17)13(18)11(8-16)14(10)6-9-4-2-1-3-5-9/h1-5,10-13,15-18H,6-8H2/t10-,11?,12-,13-/m1/s1. The van der Waals surface area contributed by atoms with Crippen LogP contribution in [0.2, 0.25) is 0 Å². The molecule has 1 aromatic carbocycles. The van der Waals surface area contributed by atoms with Crippen LogP contribution >= 0.6 is 0 Å². The molecule has 0 amide bonds. The van der Waals surface area contributed by atoms with Crippen LogP contribution in [0.5, 0.6) is 0 Å². The Kier molecular flexibility index (Phi) is 4.31. The van der Waals surface area contributed by atoms with Crippen LogP contribution in [0.25, 0.3) is 0 Å². The number of aliphatic hydroxyl groups excluding tert-OH is 4. The van der Waals surface area contributed by atoms with Crippen molar-refractivity contribution in [2.75, 3.05) is 13.2 Å². The molecule has 0 aliphatic carbocycles. The summed E-state index contributed by atoms with van der Waals surface area (Å²) in [6, 6.07) is 8.49. The maximum absolute atomic E-state index is 9.84. The minimum absolute atomic E-state index is 0.248. The molecule has 100 valence electrons. The molecule has 2 rings (SSSR count). The van der Waals surface area contributed by atoms with Crippen LogP contribution in [0.1, 0.15) is 5.56 Å². The molecule has 0 radical (unpaired) electrons. The molecule has 1 saturated heterocycles. The smallest absolute Gasteiger partial charge is 0.0992 e. The lowest BCUT2D eigenvalue weighted by atomic mass is 10.1. The van der Waals surface area contributed by atoms with Crippen LogP contribution in [0.3, 0.4) is 0 Å². The van der Waals surface area contributed by atoms with Crippen LogP contribution in [-0.2, 0) is 6.54 Å². The minimum atomic E-state index is -1.03. The number of benzene rings is 1. The van der Waals surface area contributed by atoms with Gasteiger partial charge in [0, 0.05) is 6.54 Å². The summed E-state index contributed by atoms with van der Waals surface area (Å²) in [5.41, 5.74) is 1.01. The van der Waals surface area contributed by atoms with Gasteiger partial charge in [-0.3, -0.25) is 4.90 Å². The van der Waals surface area contributed by atoms with E-state index in [1.807, 2.05) is 30.3 Å². The quantitative estimate of drug-likeness (QED) is 0.550. The Balaban J connectivity index is 2.18. The Morgan fingerprint density at radius 1 is 0.889 bits per heavy atom. The molecule has 0 saturated carbocycles. The fourth-order valence-electron chi connectivity index (χ4n) is 2.55. The molecule has 0 bridgehead atoms. The van der Waals surface area contributed by atoms with Gasteiger partial charge in [0.05, 0.1) is 37.5 Å². The van der Waals surface area contributed by atoms with Crippen molar-refractivity contribution in [3.63, 3.8) is 0 Å². The number of rotatable bonds is 4. The Bertz CT molecular complexity index is 357. The molecule has 5 heteroatoms. The van der Waals surface area contributed by atoms with E-state index in [0.717, 1.165) is 5.56 Å². The Hall–Kier alpha value is -0.980. The van der Waals surface area contributed by atoms with Crippen LogP contribution < -0.4 is 0 Å². The normalized spacial score (nSPS) is 32.9. The maximum Gasteiger partial charge on any atom is 0.0992 e. The zero-order valence-corrected chi connectivity index (χ0v) is 10.1. The van der Waals surface area contributed by atoms with Gasteiger partial charge in [-0.25, -0.2) is 0 Å². The summed E-state index contributed by atoms with van der Waals surface area (Å²) < 4.78 is 0. The highest BCUT2D eigenvalue weighted by atomic mass is 16.3. The molecule has 1 fully saturated rings. The van der Waals surface area contributed by atoms with Gasteiger partial charge in [0.15, 0.2) is 0 Å². The Morgan fingerprint density at radius 3 is 1.83 bits per heavy atom. The van der Waals surface area contributed by atoms with Crippen molar-refractivity contribution in [3.8, 4) is 0 Å². The van der Waals surface area contributed by atoms with Crippen LogP contribution in [0.4, 0.5) is 0 Å². The molecule has 4 atom stereocenters. The monoisotopic (exact) mass is 253 g/mol. The van der Waals surface area contributed by atoms with Gasteiger partial charge in [-0.05, 0) is 5.56 Å². The third-order valence-electron chi connectivity index (χ3n) is 3.57. The van der Waals surface area contributed by atoms with Gasteiger partial charge in [0.1, 0.15) is 0 Å². The second-order valence-corrected chi connectivity index (χ2v) is 4.64. The van der Waals surface area contributed by atoms with E-state index in [9.17, 15) is 20.4 Å². The number of hydrogen-bond donors (Lipinski definition) is 4. The van der Waals surface area contributed by atoms with Gasteiger partial charge in [0.2, 0.25) is 0 Å². The molecular formula is C13H19NO4. The first kappa shape index (κ1) is 13.5. The maximum atomic E-state index is 9.84. The first-order chi connectivity index (χ1) is 8.69. The van der Waals surface area contributed by atoms with E-state index >= 15 is 0 Å². The van der Waals surface area contributed by atoms with E-state index in [-0.39, 0.29) is 13.2 Å². The third kappa shape index (κ3) is 2.41. The molecule has 1 aliphatic rings. The van der Waals surface area contributed by atoms with E-state index < -0.39 is 24.3 Å². The van der Waals surface area contributed by atoms with Crippen molar-refractivity contribution in [1.82, 2.24) is 4.90 Å². The van der Waals surface area contributed by atoms with Crippen molar-refractivity contribution in [1.29, 1.82) is 0 Å². The zero-order chi connectivity index (χ0) is 13.1. The first-order valence-electron chi connectivity index (χ1n) is 6.06. The molecule has 1 heterocycles. The van der Waals surface area contributed by atoms with Gasteiger partial charge in [-0.1, -0.05) is 30.3 Å². The van der Waals surface area contributed by atoms with Crippen molar-refractivity contribution < 1.29 is 20.4 Å². The molecular weight excluding hydrogens is 234 g/mol. The van der Waals surface area contributed by atoms with Crippen molar-refractivity contribution in [2.45, 2.75) is 30.8 Å². The van der Waals surface area contributed by atoms with Gasteiger partial charge < -0.3 is 20.4 Å². The molecule has 1 aliphatic heterocycles. The number of aliphatic hydroxyl groups is 4. The summed E-state index contributed by atoms with van der Waals surface area (Å²) in [6.07, 6.45) is -2.06. The lowest BCUT2D eigenvalue weighted by molar-refractivity contribution is 0.0130. The predicted molar refractivity (Wildman–Crippen MR) is 65.7 cm³/mol. The summed E-state index contributed by atoms with van der Waals surface area (Å²) in [4.78, 5) is 1.75. The van der Waals surface area contributed by atoms with E-state index in [1.54, 1.807) is 4.90 Å². The molecule has 5 nitrogen and oxygen atoms in total. The Labute approximate surface area is 106 Å². The fraction of sp³-hybridized carbons (Fsp3) is 0.538. The highest BCUT2D eigenvalue weighted by molar-refractivity contribution is 5.16. The topological polar surface area (TPSA) is 84.2 Å². The van der Waals surface area contributed by atoms with Crippen LogP contribution in [-0.4, -0.2) is 62.8 Å². The van der Waals surface area contributed by atoms with E-state index in [0.29, 0.717) is 6.54 Å². The zero-order valence-electron chi connectivity index (χ0n) is 10.1. The van der Waals surface area contributed by atoms with Gasteiger partial charge in [-0.15, -0.1) is 0 Å². The first-order valence-corrected chi connectivity index (χ1v) is 6.06. The molecule has 18 heavy (non-hydrogen) atoms. The summed E-state index contributed by atoms with van der Waals surface area (Å²) >= 11 is 0. The average Bonchev–Trinajstić information content (AvgIpc) is 2.62. The SMILES string of the molecule is OCC1[C@@H](O)[C@H](O)[C@@H](CO)N1Cc1ccccc1. The molecule has 0 aromatic heterocycles. The lowest BCUT2D eigenvalue weighted by Gasteiger charge is -2.28. The minimum Gasteiger partial charge on any atom is -0.395 e. The van der Waals surface area contributed by atoms with E-state index in [4.69, 9.17) is 0 Å². The third-order valence-corrected chi connectivity index (χ3v) is 3.57. The number of nitrogens with zero attached hydrogens (tertiary/aromatic N) is 1. The van der Waals surface area contributed by atoms with Crippen LogP contribution in [0, 0.1) is 0 Å². The molecule has 1 unspecified atom stereocenters. The van der Waals surface area contributed by atoms with Crippen molar-refractivity contribution in [2.24, 2.45) is 0 Å². The molecule has 0 spiro atoms. The van der Waals surface area contributed by atoms with Crippen molar-refractivity contribution >= 4 is 0 Å². The van der Waals surface area contributed by atoms with Gasteiger partial charge in [0.25, 0.3) is 0 Å². The summed E-state index contributed by atoms with van der Waals surface area (Å²) in [5, 5.41) is 38.3. The van der Waals surface area contributed by atoms with Crippen molar-refractivity contribution in [3.05, 3.63) is 35.9 Å². The second-order valence-electron chi connectivity index (χ2n) is 4.64. The van der Waals surface area contributed by atoms with E-state index in [2.05, 4.69) is 0 Å².